The fourth-order valence-corrected chi connectivity index (χ4v) is 0.966. The Balaban J connectivity index is 0.000000490. The summed E-state index contributed by atoms with van der Waals surface area (Å²) in [5, 5.41) is 3.32. The molecule has 0 radical (unpaired) electrons. The third kappa shape index (κ3) is 2.87. The first-order valence-corrected chi connectivity index (χ1v) is 3.10. The highest BCUT2D eigenvalue weighted by molar-refractivity contribution is 14.0. The van der Waals surface area contributed by atoms with Gasteiger partial charge in [0.05, 0.1) is 0 Å². The van der Waals surface area contributed by atoms with Crippen LogP contribution in [-0.4, -0.2) is 13.1 Å². The van der Waals surface area contributed by atoms with Crippen LogP contribution < -0.4 is 5.32 Å². The van der Waals surface area contributed by atoms with Gasteiger partial charge in [0.25, 0.3) is 0 Å². The van der Waals surface area contributed by atoms with Crippen LogP contribution in [0.25, 0.3) is 0 Å². The first-order chi connectivity index (χ1) is 3.39. The molecule has 0 aromatic rings. The predicted molar refractivity (Wildman–Crippen MR) is 46.7 cm³/mol. The molecule has 1 saturated heterocycles. The van der Waals surface area contributed by atoms with Crippen molar-refractivity contribution in [1.29, 1.82) is 0 Å². The average molecular weight is 227 g/mol. The minimum Gasteiger partial charge on any atom is -0.317 e. The summed E-state index contributed by atoms with van der Waals surface area (Å²) in [5.41, 5.74) is 0. The van der Waals surface area contributed by atoms with Gasteiger partial charge in [-0.3, -0.25) is 0 Å². The van der Waals surface area contributed by atoms with Gasteiger partial charge in [-0.15, -0.1) is 24.0 Å². The van der Waals surface area contributed by atoms with E-state index < -0.39 is 0 Å². The van der Waals surface area contributed by atoms with Gasteiger partial charge < -0.3 is 5.32 Å². The third-order valence-electron chi connectivity index (χ3n) is 1.63. The smallest absolute Gasteiger partial charge is 0.00464 e. The van der Waals surface area contributed by atoms with Gasteiger partial charge >= 0.3 is 0 Å². The fraction of sp³-hybridized carbons (Fsp3) is 1.00. The Labute approximate surface area is 68.3 Å². The molecule has 0 saturated carbocycles. The molecule has 1 heterocycles. The molecule has 0 aromatic carbocycles. The van der Waals surface area contributed by atoms with E-state index in [4.69, 9.17) is 0 Å². The molecule has 0 atom stereocenters. The highest BCUT2D eigenvalue weighted by Crippen LogP contribution is 2.08. The fourth-order valence-electron chi connectivity index (χ4n) is 0.966. The summed E-state index contributed by atoms with van der Waals surface area (Å²) in [4.78, 5) is 0. The van der Waals surface area contributed by atoms with Crippen LogP contribution in [0.1, 0.15) is 19.8 Å². The van der Waals surface area contributed by atoms with Crippen LogP contribution >= 0.6 is 24.0 Å². The van der Waals surface area contributed by atoms with Crippen molar-refractivity contribution in [2.45, 2.75) is 19.8 Å². The number of nitrogens with one attached hydrogen (secondary N) is 1. The summed E-state index contributed by atoms with van der Waals surface area (Å²) in [7, 11) is 0. The van der Waals surface area contributed by atoms with E-state index in [9.17, 15) is 0 Å². The molecule has 0 bridgehead atoms. The normalized spacial score (nSPS) is 22.1. The van der Waals surface area contributed by atoms with Crippen molar-refractivity contribution < 1.29 is 0 Å². The van der Waals surface area contributed by atoms with Crippen LogP contribution in [0.5, 0.6) is 0 Å². The Hall–Kier alpha value is 0.690. The number of halogens is 1. The zero-order valence-electron chi connectivity index (χ0n) is 5.31. The van der Waals surface area contributed by atoms with Crippen molar-refractivity contribution in [3.63, 3.8) is 0 Å². The second-order valence-corrected chi connectivity index (χ2v) is 2.43. The van der Waals surface area contributed by atoms with E-state index in [1.165, 1.54) is 25.9 Å². The molecular formula is C6H14IN. The second kappa shape index (κ2) is 4.56. The van der Waals surface area contributed by atoms with Gasteiger partial charge in [-0.05, 0) is 31.8 Å². The van der Waals surface area contributed by atoms with Crippen LogP contribution in [0.2, 0.25) is 0 Å². The Morgan fingerprint density at radius 3 is 2.00 bits per heavy atom. The number of piperidine rings is 1. The topological polar surface area (TPSA) is 12.0 Å². The van der Waals surface area contributed by atoms with Gasteiger partial charge in [0, 0.05) is 0 Å². The Bertz CT molecular complexity index is 50.5. The maximum Gasteiger partial charge on any atom is -0.00464 e. The van der Waals surface area contributed by atoms with E-state index >= 15 is 0 Å². The number of hydrogen-bond donors (Lipinski definition) is 1. The minimum atomic E-state index is 0. The largest absolute Gasteiger partial charge is 0.317 e. The lowest BCUT2D eigenvalue weighted by atomic mass is 10.0. The van der Waals surface area contributed by atoms with Gasteiger partial charge in [0.1, 0.15) is 0 Å². The third-order valence-corrected chi connectivity index (χ3v) is 1.63. The lowest BCUT2D eigenvalue weighted by Gasteiger charge is -2.17. The van der Waals surface area contributed by atoms with Gasteiger partial charge in [-0.25, -0.2) is 0 Å². The van der Waals surface area contributed by atoms with Crippen LogP contribution in [0, 0.1) is 5.92 Å². The molecule has 1 aliphatic rings. The first-order valence-electron chi connectivity index (χ1n) is 3.10. The molecule has 8 heavy (non-hydrogen) atoms. The van der Waals surface area contributed by atoms with Crippen molar-refractivity contribution in [3.05, 3.63) is 0 Å². The Morgan fingerprint density at radius 2 is 1.75 bits per heavy atom. The SMILES string of the molecule is CC1CCNCC1.I. The molecule has 1 N–H and O–H groups in total. The summed E-state index contributed by atoms with van der Waals surface area (Å²) in [6.45, 7) is 4.79. The monoisotopic (exact) mass is 227 g/mol. The van der Waals surface area contributed by atoms with Crippen molar-refractivity contribution in [3.8, 4) is 0 Å². The lowest BCUT2D eigenvalue weighted by molar-refractivity contribution is 0.402. The van der Waals surface area contributed by atoms with Gasteiger partial charge in [0.15, 0.2) is 0 Å². The van der Waals surface area contributed by atoms with Gasteiger partial charge in [-0.2, -0.15) is 0 Å². The van der Waals surface area contributed by atoms with E-state index in [1.807, 2.05) is 0 Å². The standard InChI is InChI=1S/C6H13N.HI/c1-6-2-4-7-5-3-6;/h6-7H,2-5H2,1H3;1H. The molecule has 0 amide bonds. The maximum absolute atomic E-state index is 3.32. The van der Waals surface area contributed by atoms with Crippen LogP contribution in [0.15, 0.2) is 0 Å². The summed E-state index contributed by atoms with van der Waals surface area (Å²) >= 11 is 0. The Morgan fingerprint density at radius 1 is 1.25 bits per heavy atom. The Kier molecular flexibility index (Phi) is 4.95. The maximum atomic E-state index is 3.32. The van der Waals surface area contributed by atoms with Gasteiger partial charge in [-0.1, -0.05) is 6.92 Å². The van der Waals surface area contributed by atoms with Crippen molar-refractivity contribution in [1.82, 2.24) is 5.32 Å². The van der Waals surface area contributed by atoms with Crippen LogP contribution in [0.4, 0.5) is 0 Å². The molecule has 1 rings (SSSR count). The molecule has 1 nitrogen and oxygen atoms in total. The summed E-state index contributed by atoms with van der Waals surface area (Å²) in [6.07, 6.45) is 2.75. The molecule has 50 valence electrons. The highest BCUT2D eigenvalue weighted by Gasteiger charge is 2.04. The highest BCUT2D eigenvalue weighted by atomic mass is 127. The number of rotatable bonds is 0. The lowest BCUT2D eigenvalue weighted by Crippen LogP contribution is -2.26. The quantitative estimate of drug-likeness (QED) is 0.620. The molecule has 1 fully saturated rings. The van der Waals surface area contributed by atoms with Crippen LogP contribution in [0.3, 0.4) is 0 Å². The van der Waals surface area contributed by atoms with Crippen LogP contribution in [-0.2, 0) is 0 Å². The molecule has 0 unspecified atom stereocenters. The molecule has 2 heteroatoms. The summed E-state index contributed by atoms with van der Waals surface area (Å²) in [6, 6.07) is 0. The van der Waals surface area contributed by atoms with E-state index in [1.54, 1.807) is 0 Å². The van der Waals surface area contributed by atoms with E-state index in [0.717, 1.165) is 5.92 Å². The molecular weight excluding hydrogens is 213 g/mol. The average Bonchev–Trinajstić information content (AvgIpc) is 1.69. The molecule has 0 spiro atoms. The minimum absolute atomic E-state index is 0. The number of hydrogen-bond acceptors (Lipinski definition) is 1. The summed E-state index contributed by atoms with van der Waals surface area (Å²) < 4.78 is 0. The molecule has 0 aliphatic carbocycles. The second-order valence-electron chi connectivity index (χ2n) is 2.43. The van der Waals surface area contributed by atoms with E-state index in [-0.39, 0.29) is 24.0 Å². The van der Waals surface area contributed by atoms with Crippen molar-refractivity contribution >= 4 is 24.0 Å². The molecule has 0 aromatic heterocycles. The van der Waals surface area contributed by atoms with Crippen molar-refractivity contribution in [2.24, 2.45) is 5.92 Å². The van der Waals surface area contributed by atoms with E-state index in [2.05, 4.69) is 12.2 Å². The van der Waals surface area contributed by atoms with Gasteiger partial charge in [0.2, 0.25) is 0 Å². The van der Waals surface area contributed by atoms with E-state index in [0.29, 0.717) is 0 Å². The zero-order valence-corrected chi connectivity index (χ0v) is 7.64. The zero-order chi connectivity index (χ0) is 5.11. The predicted octanol–water partition coefficient (Wildman–Crippen LogP) is 1.62. The summed E-state index contributed by atoms with van der Waals surface area (Å²) in [5.74, 6) is 0.973. The first kappa shape index (κ1) is 8.69. The molecule has 1 aliphatic heterocycles. The van der Waals surface area contributed by atoms with Crippen molar-refractivity contribution in [2.75, 3.05) is 13.1 Å².